The molecule has 0 saturated heterocycles. The molecule has 1 aliphatic heterocycles. The molecule has 4 heterocycles. The van der Waals surface area contributed by atoms with Gasteiger partial charge < -0.3 is 16.4 Å². The normalized spacial score (nSPS) is 20.0. The number of rotatable bonds is 3. The molecular weight excluding hydrogens is 406 g/mol. The van der Waals surface area contributed by atoms with Gasteiger partial charge in [-0.25, -0.2) is 14.6 Å². The molecule has 3 aromatic heterocycles. The van der Waals surface area contributed by atoms with Crippen LogP contribution in [0.2, 0.25) is 0 Å². The van der Waals surface area contributed by atoms with E-state index in [2.05, 4.69) is 58.6 Å². The molecular formula is C22H25N9O. The van der Waals surface area contributed by atoms with Gasteiger partial charge in [-0.1, -0.05) is 18.2 Å². The number of anilines is 2. The van der Waals surface area contributed by atoms with Crippen molar-refractivity contribution in [1.82, 2.24) is 34.8 Å². The number of nitrogens with zero attached hydrogens (tertiary/aromatic N) is 6. The first-order valence-corrected chi connectivity index (χ1v) is 10.4. The molecule has 2 unspecified atom stereocenters. The van der Waals surface area contributed by atoms with Crippen LogP contribution >= 0.6 is 0 Å². The van der Waals surface area contributed by atoms with E-state index in [-0.39, 0.29) is 23.4 Å². The van der Waals surface area contributed by atoms with E-state index in [0.717, 1.165) is 16.7 Å². The number of amides is 1. The van der Waals surface area contributed by atoms with Crippen molar-refractivity contribution in [1.29, 1.82) is 0 Å². The molecule has 3 aromatic rings. The molecule has 1 amide bonds. The van der Waals surface area contributed by atoms with E-state index in [1.54, 1.807) is 24.0 Å². The maximum absolute atomic E-state index is 12.7. The average Bonchev–Trinajstić information content (AvgIpc) is 3.43. The smallest absolute Gasteiger partial charge is 0.272 e. The molecule has 0 bridgehead atoms. The molecule has 0 radical (unpaired) electrons. The lowest BCUT2D eigenvalue weighted by atomic mass is 9.92. The van der Waals surface area contributed by atoms with Crippen LogP contribution in [0.4, 0.5) is 11.6 Å². The van der Waals surface area contributed by atoms with Crippen LogP contribution in [0.3, 0.4) is 0 Å². The molecule has 0 fully saturated rings. The summed E-state index contributed by atoms with van der Waals surface area (Å²) in [7, 11) is 1.80. The summed E-state index contributed by atoms with van der Waals surface area (Å²) < 4.78 is 3.52. The number of hydrogen-bond acceptors (Lipinski definition) is 7. The van der Waals surface area contributed by atoms with E-state index in [1.165, 1.54) is 6.33 Å². The fraction of sp³-hybridized carbons (Fsp3) is 0.318. The highest BCUT2D eigenvalue weighted by Gasteiger charge is 2.31. The zero-order valence-corrected chi connectivity index (χ0v) is 18.4. The average molecular weight is 432 g/mol. The molecule has 32 heavy (non-hydrogen) atoms. The van der Waals surface area contributed by atoms with Crippen LogP contribution in [0.5, 0.6) is 0 Å². The maximum atomic E-state index is 12.7. The second kappa shape index (κ2) is 7.04. The lowest BCUT2D eigenvalue weighted by Crippen LogP contribution is -2.31. The second-order valence-electron chi connectivity index (χ2n) is 9.03. The zero-order valence-electron chi connectivity index (χ0n) is 18.4. The van der Waals surface area contributed by atoms with Gasteiger partial charge in [-0.2, -0.15) is 10.2 Å². The van der Waals surface area contributed by atoms with E-state index in [1.807, 2.05) is 16.8 Å². The van der Waals surface area contributed by atoms with Gasteiger partial charge in [0, 0.05) is 30.8 Å². The topological polar surface area (TPSA) is 129 Å². The van der Waals surface area contributed by atoms with Crippen molar-refractivity contribution < 1.29 is 4.79 Å². The lowest BCUT2D eigenvalue weighted by Gasteiger charge is -2.20. The molecule has 2 atom stereocenters. The number of aromatic nitrogens is 6. The summed E-state index contributed by atoms with van der Waals surface area (Å²) >= 11 is 0. The van der Waals surface area contributed by atoms with E-state index < -0.39 is 0 Å². The minimum atomic E-state index is -0.275. The highest BCUT2D eigenvalue weighted by atomic mass is 16.2. The van der Waals surface area contributed by atoms with E-state index >= 15 is 0 Å². The van der Waals surface area contributed by atoms with Crippen LogP contribution in [-0.4, -0.2) is 41.5 Å². The first-order chi connectivity index (χ1) is 15.2. The molecule has 10 heteroatoms. The standard InChI is InChI=1S/C22H25N9O/c1-22(2,3)31-20-17(19(23)24-11-25-20)18(29-31)13-6-5-12-9-15(26-14(12)10-13)21(32)27-16-7-8-30(4)28-16/h5-12,14,26H,1-4H3,(H2,23,24,25)(H,27,28,32). The van der Waals surface area contributed by atoms with Gasteiger partial charge in [-0.05, 0) is 26.8 Å². The monoisotopic (exact) mass is 431 g/mol. The van der Waals surface area contributed by atoms with Crippen molar-refractivity contribution in [2.45, 2.75) is 32.4 Å². The number of nitrogens with one attached hydrogen (secondary N) is 2. The predicted octanol–water partition coefficient (Wildman–Crippen LogP) is 1.96. The zero-order chi connectivity index (χ0) is 22.6. The SMILES string of the molecule is Cn1ccc(NC(=O)C2=CC3C=CC(c4nn(C(C)(C)C)c5ncnc(N)c45)=CC3N2)n1. The van der Waals surface area contributed by atoms with Gasteiger partial charge in [0.05, 0.1) is 22.7 Å². The third-order valence-corrected chi connectivity index (χ3v) is 5.56. The Kier molecular flexibility index (Phi) is 4.40. The van der Waals surface area contributed by atoms with E-state index in [9.17, 15) is 4.79 Å². The Morgan fingerprint density at radius 1 is 1.22 bits per heavy atom. The first kappa shape index (κ1) is 20.0. The van der Waals surface area contributed by atoms with Crippen molar-refractivity contribution >= 4 is 34.1 Å². The summed E-state index contributed by atoms with van der Waals surface area (Å²) in [5.74, 6) is 0.746. The highest BCUT2D eigenvalue weighted by Crippen LogP contribution is 2.35. The summed E-state index contributed by atoms with van der Waals surface area (Å²) in [5, 5.41) is 15.9. The number of fused-ring (bicyclic) bond motifs is 2. The number of carbonyl (C=O) groups excluding carboxylic acids is 1. The van der Waals surface area contributed by atoms with Gasteiger partial charge in [0.25, 0.3) is 5.91 Å². The number of allylic oxidation sites excluding steroid dienone is 2. The molecule has 2 aliphatic rings. The Bertz CT molecular complexity index is 1320. The Morgan fingerprint density at radius 3 is 2.75 bits per heavy atom. The van der Waals surface area contributed by atoms with E-state index in [4.69, 9.17) is 10.8 Å². The van der Waals surface area contributed by atoms with Gasteiger partial charge in [0.1, 0.15) is 17.8 Å². The van der Waals surface area contributed by atoms with Crippen LogP contribution < -0.4 is 16.4 Å². The first-order valence-electron chi connectivity index (χ1n) is 10.4. The van der Waals surface area contributed by atoms with Crippen molar-refractivity contribution in [3.63, 3.8) is 0 Å². The van der Waals surface area contributed by atoms with Crippen molar-refractivity contribution in [3.8, 4) is 0 Å². The van der Waals surface area contributed by atoms with Crippen LogP contribution in [0, 0.1) is 5.92 Å². The molecule has 4 N–H and O–H groups in total. The molecule has 5 rings (SSSR count). The number of nitrogens with two attached hydrogens (primary N) is 1. The van der Waals surface area contributed by atoms with Crippen molar-refractivity contribution in [3.05, 3.63) is 54.3 Å². The maximum Gasteiger partial charge on any atom is 0.272 e. The quantitative estimate of drug-likeness (QED) is 0.578. The predicted molar refractivity (Wildman–Crippen MR) is 122 cm³/mol. The van der Waals surface area contributed by atoms with Crippen LogP contribution in [-0.2, 0) is 17.4 Å². The fourth-order valence-corrected chi connectivity index (χ4v) is 4.02. The number of carbonyl (C=O) groups is 1. The Hall–Kier alpha value is -3.95. The van der Waals surface area contributed by atoms with Gasteiger partial charge in [0.2, 0.25) is 0 Å². The Balaban J connectivity index is 1.44. The number of hydrogen-bond donors (Lipinski definition) is 3. The Labute approximate surface area is 184 Å². The molecule has 0 spiro atoms. The minimum absolute atomic E-state index is 0.0628. The summed E-state index contributed by atoms with van der Waals surface area (Å²) in [6.07, 6.45) is 11.3. The van der Waals surface area contributed by atoms with Crippen molar-refractivity contribution in [2.24, 2.45) is 13.0 Å². The van der Waals surface area contributed by atoms with Crippen LogP contribution in [0.15, 0.2) is 48.6 Å². The highest BCUT2D eigenvalue weighted by molar-refractivity contribution is 6.03. The van der Waals surface area contributed by atoms with Gasteiger partial charge >= 0.3 is 0 Å². The molecule has 1 aliphatic carbocycles. The molecule has 10 nitrogen and oxygen atoms in total. The largest absolute Gasteiger partial charge is 0.383 e. The lowest BCUT2D eigenvalue weighted by molar-refractivity contribution is -0.113. The minimum Gasteiger partial charge on any atom is -0.383 e. The number of aryl methyl sites for hydroxylation is 1. The van der Waals surface area contributed by atoms with Crippen molar-refractivity contribution in [2.75, 3.05) is 11.1 Å². The summed E-state index contributed by atoms with van der Waals surface area (Å²) in [4.78, 5) is 21.3. The third kappa shape index (κ3) is 3.33. The molecule has 164 valence electrons. The number of nitrogen functional groups attached to an aromatic ring is 1. The summed E-state index contributed by atoms with van der Waals surface area (Å²) in [6.45, 7) is 6.20. The molecule has 0 saturated carbocycles. The van der Waals surface area contributed by atoms with E-state index in [0.29, 0.717) is 23.0 Å². The Morgan fingerprint density at radius 2 is 2.03 bits per heavy atom. The summed E-state index contributed by atoms with van der Waals surface area (Å²) in [6, 6.07) is 1.68. The van der Waals surface area contributed by atoms with Gasteiger partial charge in [-0.15, -0.1) is 0 Å². The summed E-state index contributed by atoms with van der Waals surface area (Å²) in [5.41, 5.74) is 8.80. The second-order valence-corrected chi connectivity index (χ2v) is 9.03. The van der Waals surface area contributed by atoms with Crippen LogP contribution in [0.25, 0.3) is 16.6 Å². The third-order valence-electron chi connectivity index (χ3n) is 5.56. The fourth-order valence-electron chi connectivity index (χ4n) is 4.02. The van der Waals surface area contributed by atoms with Gasteiger partial charge in [0.15, 0.2) is 11.5 Å². The molecule has 0 aromatic carbocycles. The van der Waals surface area contributed by atoms with Crippen LogP contribution in [0.1, 0.15) is 26.5 Å². The van der Waals surface area contributed by atoms with Gasteiger partial charge in [-0.3, -0.25) is 9.48 Å².